The van der Waals surface area contributed by atoms with Gasteiger partial charge in [-0.25, -0.2) is 4.98 Å². The summed E-state index contributed by atoms with van der Waals surface area (Å²) in [6.45, 7) is 3.78. The molecule has 1 atom stereocenters. The molecule has 0 saturated heterocycles. The molecule has 2 N–H and O–H groups in total. The van der Waals surface area contributed by atoms with Crippen LogP contribution in [0.25, 0.3) is 10.2 Å². The van der Waals surface area contributed by atoms with Gasteiger partial charge in [0.2, 0.25) is 5.91 Å². The number of nitrogens with zero attached hydrogens (tertiary/aromatic N) is 4. The van der Waals surface area contributed by atoms with E-state index in [1.807, 2.05) is 61.2 Å². The van der Waals surface area contributed by atoms with E-state index in [2.05, 4.69) is 16.4 Å². The highest BCUT2D eigenvalue weighted by atomic mass is 32.1. The maximum absolute atomic E-state index is 12.7. The van der Waals surface area contributed by atoms with E-state index >= 15 is 0 Å². The molecule has 0 aliphatic carbocycles. The zero-order valence-electron chi connectivity index (χ0n) is 19.7. The lowest BCUT2D eigenvalue weighted by Gasteiger charge is -2.26. The van der Waals surface area contributed by atoms with Crippen molar-refractivity contribution in [1.82, 2.24) is 14.8 Å². The third-order valence-electron chi connectivity index (χ3n) is 6.01. The standard InChI is InChI=1S/C26H29N5O2S/c1-17-6-8-18(9-7-17)21(16-32)29-25-19(13-27)14-28-26-24(25)20-10-12-31(15-22(20)34-26)23(33)5-4-11-30(2)3/h4-9,14,21,32H,10-12,15-16H2,1-3H3,(H,28,29)/b5-4+/t21-/m1/s1. The van der Waals surface area contributed by atoms with E-state index in [4.69, 9.17) is 0 Å². The highest BCUT2D eigenvalue weighted by molar-refractivity contribution is 7.19. The van der Waals surface area contributed by atoms with Gasteiger partial charge in [-0.3, -0.25) is 4.79 Å². The van der Waals surface area contributed by atoms with Crippen LogP contribution in [0.1, 0.15) is 33.2 Å². The van der Waals surface area contributed by atoms with Gasteiger partial charge in [-0.1, -0.05) is 35.9 Å². The largest absolute Gasteiger partial charge is 0.394 e. The molecule has 0 unspecified atom stereocenters. The lowest BCUT2D eigenvalue weighted by Crippen LogP contribution is -2.34. The number of fused-ring (bicyclic) bond motifs is 3. The molecule has 7 nitrogen and oxygen atoms in total. The van der Waals surface area contributed by atoms with E-state index in [9.17, 15) is 15.2 Å². The maximum Gasteiger partial charge on any atom is 0.246 e. The Balaban J connectivity index is 1.66. The third-order valence-corrected chi connectivity index (χ3v) is 7.14. The second-order valence-corrected chi connectivity index (χ2v) is 9.89. The predicted octanol–water partition coefficient (Wildman–Crippen LogP) is 3.62. The fourth-order valence-electron chi connectivity index (χ4n) is 4.16. The number of nitrogens with one attached hydrogen (secondary N) is 1. The van der Waals surface area contributed by atoms with Gasteiger partial charge in [-0.15, -0.1) is 11.3 Å². The molecule has 1 aliphatic rings. The number of aryl methyl sites for hydroxylation is 1. The van der Waals surface area contributed by atoms with Gasteiger partial charge in [-0.2, -0.15) is 5.26 Å². The number of benzene rings is 1. The van der Waals surface area contributed by atoms with Crippen LogP contribution < -0.4 is 5.32 Å². The lowest BCUT2D eigenvalue weighted by molar-refractivity contribution is -0.126. The first kappa shape index (κ1) is 23.9. The molecule has 0 spiro atoms. The third kappa shape index (κ3) is 4.97. The van der Waals surface area contributed by atoms with Crippen molar-refractivity contribution in [3.05, 3.63) is 69.7 Å². The number of anilines is 1. The van der Waals surface area contributed by atoms with Gasteiger partial charge in [0.15, 0.2) is 0 Å². The van der Waals surface area contributed by atoms with Gasteiger partial charge in [0.25, 0.3) is 0 Å². The van der Waals surface area contributed by atoms with Crippen molar-refractivity contribution >= 4 is 33.1 Å². The summed E-state index contributed by atoms with van der Waals surface area (Å²) in [6.07, 6.45) is 5.81. The molecule has 4 rings (SSSR count). The molecule has 0 fully saturated rings. The van der Waals surface area contributed by atoms with Crippen molar-refractivity contribution in [3.63, 3.8) is 0 Å². The summed E-state index contributed by atoms with van der Waals surface area (Å²) in [5.41, 5.74) is 4.38. The van der Waals surface area contributed by atoms with E-state index in [1.54, 1.807) is 23.6 Å². The summed E-state index contributed by atoms with van der Waals surface area (Å²) in [5, 5.41) is 24.3. The second-order valence-electron chi connectivity index (χ2n) is 8.81. The van der Waals surface area contributed by atoms with Crippen LogP contribution in [-0.4, -0.2) is 59.6 Å². The summed E-state index contributed by atoms with van der Waals surface area (Å²) in [6, 6.07) is 9.91. The van der Waals surface area contributed by atoms with Crippen molar-refractivity contribution in [2.45, 2.75) is 25.9 Å². The number of carbonyl (C=O) groups is 1. The van der Waals surface area contributed by atoms with E-state index in [0.29, 0.717) is 30.8 Å². The van der Waals surface area contributed by atoms with Crippen molar-refractivity contribution in [3.8, 4) is 6.07 Å². The minimum atomic E-state index is -0.350. The fourth-order valence-corrected chi connectivity index (χ4v) is 5.37. The average molecular weight is 476 g/mol. The molecule has 34 heavy (non-hydrogen) atoms. The van der Waals surface area contributed by atoms with Crippen molar-refractivity contribution in [2.75, 3.05) is 39.1 Å². The van der Waals surface area contributed by atoms with Crippen molar-refractivity contribution in [1.29, 1.82) is 5.26 Å². The number of rotatable bonds is 7. The van der Waals surface area contributed by atoms with Crippen LogP contribution in [0.2, 0.25) is 0 Å². The Morgan fingerprint density at radius 2 is 2.15 bits per heavy atom. The minimum absolute atomic E-state index is 0.00805. The Labute approximate surface area is 203 Å². The predicted molar refractivity (Wildman–Crippen MR) is 136 cm³/mol. The minimum Gasteiger partial charge on any atom is -0.394 e. The van der Waals surface area contributed by atoms with Crippen molar-refractivity contribution < 1.29 is 9.90 Å². The molecule has 3 heterocycles. The number of aliphatic hydroxyl groups excluding tert-OH is 1. The molecular formula is C26H29N5O2S. The summed E-state index contributed by atoms with van der Waals surface area (Å²) in [5.74, 6) is 0.00805. The van der Waals surface area contributed by atoms with Crippen LogP contribution >= 0.6 is 11.3 Å². The smallest absolute Gasteiger partial charge is 0.246 e. The monoisotopic (exact) mass is 475 g/mol. The molecule has 176 valence electrons. The Bertz CT molecular complexity index is 1260. The molecule has 0 radical (unpaired) electrons. The topological polar surface area (TPSA) is 92.5 Å². The number of likely N-dealkylation sites (N-methyl/N-ethyl adjacent to an activating group) is 1. The second kappa shape index (κ2) is 10.3. The average Bonchev–Trinajstić information content (AvgIpc) is 3.21. The first-order valence-corrected chi connectivity index (χ1v) is 12.1. The highest BCUT2D eigenvalue weighted by Crippen LogP contribution is 2.40. The summed E-state index contributed by atoms with van der Waals surface area (Å²) < 4.78 is 0. The first-order valence-electron chi connectivity index (χ1n) is 11.3. The zero-order chi connectivity index (χ0) is 24.2. The van der Waals surface area contributed by atoms with Gasteiger partial charge in [0, 0.05) is 35.6 Å². The first-order chi connectivity index (χ1) is 16.4. The number of aromatic nitrogens is 1. The van der Waals surface area contributed by atoms with E-state index in [0.717, 1.165) is 38.3 Å². The summed E-state index contributed by atoms with van der Waals surface area (Å²) in [4.78, 5) is 23.0. The summed E-state index contributed by atoms with van der Waals surface area (Å²) >= 11 is 1.57. The van der Waals surface area contributed by atoms with Crippen LogP contribution in [0.3, 0.4) is 0 Å². The van der Waals surface area contributed by atoms with Crippen LogP contribution in [0.5, 0.6) is 0 Å². The number of nitriles is 1. The molecule has 1 amide bonds. The number of amides is 1. The SMILES string of the molecule is Cc1ccc([C@@H](CO)Nc2c(C#N)cnc3sc4c(c23)CCN(C(=O)/C=C/CN(C)C)C4)cc1. The molecule has 1 aromatic carbocycles. The zero-order valence-corrected chi connectivity index (χ0v) is 20.5. The maximum atomic E-state index is 12.7. The number of pyridine rings is 1. The Hall–Kier alpha value is -3.25. The van der Waals surface area contributed by atoms with Gasteiger partial charge >= 0.3 is 0 Å². The molecule has 1 aliphatic heterocycles. The molecule has 3 aromatic rings. The fraction of sp³-hybridized carbons (Fsp3) is 0.346. The van der Waals surface area contributed by atoms with Gasteiger partial charge in [0.1, 0.15) is 10.9 Å². The van der Waals surface area contributed by atoms with E-state index in [-0.39, 0.29) is 18.6 Å². The van der Waals surface area contributed by atoms with E-state index in [1.165, 1.54) is 0 Å². The van der Waals surface area contributed by atoms with Gasteiger partial charge in [-0.05, 0) is 38.6 Å². The van der Waals surface area contributed by atoms with Gasteiger partial charge < -0.3 is 20.2 Å². The Kier molecular flexibility index (Phi) is 7.27. The normalized spacial score (nSPS) is 14.4. The van der Waals surface area contributed by atoms with Crippen LogP contribution in [0, 0.1) is 18.3 Å². The van der Waals surface area contributed by atoms with E-state index < -0.39 is 0 Å². The number of thiophene rings is 1. The number of hydrogen-bond acceptors (Lipinski definition) is 7. The van der Waals surface area contributed by atoms with Crippen LogP contribution in [0.15, 0.2) is 42.6 Å². The quantitative estimate of drug-likeness (QED) is 0.507. The summed E-state index contributed by atoms with van der Waals surface area (Å²) in [7, 11) is 3.93. The molecular weight excluding hydrogens is 446 g/mol. The Morgan fingerprint density at radius 3 is 2.82 bits per heavy atom. The van der Waals surface area contributed by atoms with Crippen molar-refractivity contribution in [2.24, 2.45) is 0 Å². The highest BCUT2D eigenvalue weighted by Gasteiger charge is 2.27. The lowest BCUT2D eigenvalue weighted by atomic mass is 10.00. The number of carbonyl (C=O) groups excluding carboxylic acids is 1. The Morgan fingerprint density at radius 1 is 1.38 bits per heavy atom. The number of hydrogen-bond donors (Lipinski definition) is 2. The number of aliphatic hydroxyl groups is 1. The van der Waals surface area contributed by atoms with Gasteiger partial charge in [0.05, 0.1) is 30.4 Å². The van der Waals surface area contributed by atoms with Crippen LogP contribution in [-0.2, 0) is 17.8 Å². The van der Waals surface area contributed by atoms with Crippen LogP contribution in [0.4, 0.5) is 5.69 Å². The molecule has 0 saturated carbocycles. The molecule has 2 aromatic heterocycles. The molecule has 8 heteroatoms. The molecule has 0 bridgehead atoms.